The van der Waals surface area contributed by atoms with E-state index in [2.05, 4.69) is 4.98 Å². The molecule has 0 bridgehead atoms. The van der Waals surface area contributed by atoms with E-state index in [0.717, 1.165) is 0 Å². The number of nitrogens with zero attached hydrogens (tertiary/aromatic N) is 3. The molecule has 1 aromatic rings. The molecule has 0 spiro atoms. The van der Waals surface area contributed by atoms with Crippen molar-refractivity contribution in [2.45, 2.75) is 12.6 Å². The molecule has 1 aliphatic rings. The molecule has 0 radical (unpaired) electrons. The van der Waals surface area contributed by atoms with Crippen molar-refractivity contribution in [1.29, 1.82) is 5.26 Å². The second-order valence-electron chi connectivity index (χ2n) is 3.26. The van der Waals surface area contributed by atoms with E-state index in [1.807, 2.05) is 6.07 Å². The molecule has 0 saturated carbocycles. The standard InChI is InChI=1S/C10H8FN3/c1-10(11)3-2-9-13-4-5-14(9)7-8(10)6-12/h2-5,7H,1H3. The number of nitriles is 1. The Labute approximate surface area is 80.8 Å². The zero-order valence-electron chi connectivity index (χ0n) is 7.61. The zero-order valence-corrected chi connectivity index (χ0v) is 7.61. The maximum atomic E-state index is 13.8. The molecule has 0 N–H and O–H groups in total. The lowest BCUT2D eigenvalue weighted by Crippen LogP contribution is -2.16. The fraction of sp³-hybridized carbons (Fsp3) is 0.200. The largest absolute Gasteiger partial charge is 0.306 e. The summed E-state index contributed by atoms with van der Waals surface area (Å²) in [6.45, 7) is 1.35. The van der Waals surface area contributed by atoms with Crippen LogP contribution in [0, 0.1) is 11.3 Å². The molecular formula is C10H8FN3. The number of hydrogen-bond donors (Lipinski definition) is 0. The van der Waals surface area contributed by atoms with Crippen LogP contribution in [0.25, 0.3) is 12.3 Å². The van der Waals surface area contributed by atoms with Gasteiger partial charge in [-0.1, -0.05) is 0 Å². The Morgan fingerprint density at radius 1 is 1.64 bits per heavy atom. The first-order valence-electron chi connectivity index (χ1n) is 4.17. The van der Waals surface area contributed by atoms with Crippen LogP contribution in [0.3, 0.4) is 0 Å². The molecule has 14 heavy (non-hydrogen) atoms. The van der Waals surface area contributed by atoms with Crippen molar-refractivity contribution in [2.75, 3.05) is 0 Å². The van der Waals surface area contributed by atoms with E-state index in [4.69, 9.17) is 5.26 Å². The minimum atomic E-state index is -1.71. The van der Waals surface area contributed by atoms with Crippen molar-refractivity contribution in [3.63, 3.8) is 0 Å². The Bertz CT molecular complexity index is 460. The van der Waals surface area contributed by atoms with E-state index in [9.17, 15) is 4.39 Å². The van der Waals surface area contributed by atoms with Crippen LogP contribution in [0.2, 0.25) is 0 Å². The minimum Gasteiger partial charge on any atom is -0.306 e. The molecule has 1 unspecified atom stereocenters. The Balaban J connectivity index is 2.62. The highest BCUT2D eigenvalue weighted by atomic mass is 19.1. The summed E-state index contributed by atoms with van der Waals surface area (Å²) in [5.41, 5.74) is -1.64. The normalized spacial score (nSPS) is 24.8. The van der Waals surface area contributed by atoms with Crippen molar-refractivity contribution >= 4 is 12.3 Å². The Morgan fingerprint density at radius 3 is 3.14 bits per heavy atom. The molecule has 2 heterocycles. The van der Waals surface area contributed by atoms with Crippen molar-refractivity contribution < 1.29 is 4.39 Å². The first-order chi connectivity index (χ1) is 6.63. The fourth-order valence-corrected chi connectivity index (χ4v) is 1.29. The number of rotatable bonds is 0. The van der Waals surface area contributed by atoms with Crippen molar-refractivity contribution in [3.8, 4) is 6.07 Å². The van der Waals surface area contributed by atoms with Crippen LogP contribution in [-0.4, -0.2) is 15.2 Å². The maximum Gasteiger partial charge on any atom is 0.163 e. The SMILES string of the molecule is CC1(F)C=Cc2nccn2C=C1C#N. The van der Waals surface area contributed by atoms with Gasteiger partial charge in [0.05, 0.1) is 11.6 Å². The smallest absolute Gasteiger partial charge is 0.163 e. The molecule has 70 valence electrons. The summed E-state index contributed by atoms with van der Waals surface area (Å²) in [4.78, 5) is 4.01. The molecule has 1 aromatic heterocycles. The minimum absolute atomic E-state index is 0.0745. The summed E-state index contributed by atoms with van der Waals surface area (Å²) >= 11 is 0. The van der Waals surface area contributed by atoms with Gasteiger partial charge >= 0.3 is 0 Å². The topological polar surface area (TPSA) is 41.6 Å². The van der Waals surface area contributed by atoms with Crippen LogP contribution in [0.1, 0.15) is 12.7 Å². The average molecular weight is 189 g/mol. The highest BCUT2D eigenvalue weighted by Gasteiger charge is 2.27. The highest BCUT2D eigenvalue weighted by Crippen LogP contribution is 2.27. The van der Waals surface area contributed by atoms with E-state index < -0.39 is 5.67 Å². The molecule has 0 amide bonds. The number of fused-ring (bicyclic) bond motifs is 1. The second-order valence-corrected chi connectivity index (χ2v) is 3.26. The van der Waals surface area contributed by atoms with E-state index in [0.29, 0.717) is 5.82 Å². The molecule has 0 aliphatic carbocycles. The van der Waals surface area contributed by atoms with Gasteiger partial charge in [-0.2, -0.15) is 5.26 Å². The van der Waals surface area contributed by atoms with Gasteiger partial charge in [0.1, 0.15) is 5.82 Å². The number of hydrogen-bond acceptors (Lipinski definition) is 2. The van der Waals surface area contributed by atoms with Gasteiger partial charge in [-0.3, -0.25) is 0 Å². The van der Waals surface area contributed by atoms with Gasteiger partial charge in [0.2, 0.25) is 0 Å². The number of aromatic nitrogens is 2. The number of alkyl halides is 1. The molecule has 0 saturated heterocycles. The third-order valence-electron chi connectivity index (χ3n) is 2.16. The number of imidazole rings is 1. The predicted octanol–water partition coefficient (Wildman–Crippen LogP) is 2.00. The lowest BCUT2D eigenvalue weighted by molar-refractivity contribution is 0.319. The Morgan fingerprint density at radius 2 is 2.43 bits per heavy atom. The van der Waals surface area contributed by atoms with Gasteiger partial charge in [-0.05, 0) is 19.1 Å². The quantitative estimate of drug-likeness (QED) is 0.626. The van der Waals surface area contributed by atoms with Gasteiger partial charge in [-0.25, -0.2) is 9.37 Å². The van der Waals surface area contributed by atoms with E-state index in [1.165, 1.54) is 19.2 Å². The van der Waals surface area contributed by atoms with Crippen LogP contribution in [0.5, 0.6) is 0 Å². The van der Waals surface area contributed by atoms with Gasteiger partial charge in [0, 0.05) is 18.6 Å². The maximum absolute atomic E-state index is 13.8. The van der Waals surface area contributed by atoms with Crippen LogP contribution < -0.4 is 0 Å². The molecule has 4 heteroatoms. The molecule has 0 aromatic carbocycles. The fourth-order valence-electron chi connectivity index (χ4n) is 1.29. The summed E-state index contributed by atoms with van der Waals surface area (Å²) in [7, 11) is 0. The third kappa shape index (κ3) is 1.23. The Kier molecular flexibility index (Phi) is 1.74. The summed E-state index contributed by atoms with van der Waals surface area (Å²) < 4.78 is 15.4. The lowest BCUT2D eigenvalue weighted by Gasteiger charge is -2.12. The zero-order chi connectivity index (χ0) is 10.2. The van der Waals surface area contributed by atoms with Crippen molar-refractivity contribution in [1.82, 2.24) is 9.55 Å². The first-order valence-corrected chi connectivity index (χ1v) is 4.17. The summed E-state index contributed by atoms with van der Waals surface area (Å²) in [5, 5.41) is 8.79. The van der Waals surface area contributed by atoms with E-state index in [1.54, 1.807) is 23.0 Å². The van der Waals surface area contributed by atoms with Crippen LogP contribution >= 0.6 is 0 Å². The Hall–Kier alpha value is -1.89. The van der Waals surface area contributed by atoms with E-state index in [-0.39, 0.29) is 5.57 Å². The van der Waals surface area contributed by atoms with Gasteiger partial charge in [0.25, 0.3) is 0 Å². The van der Waals surface area contributed by atoms with Crippen molar-refractivity contribution in [3.05, 3.63) is 29.9 Å². The molecule has 0 fully saturated rings. The molecule has 3 nitrogen and oxygen atoms in total. The highest BCUT2D eigenvalue weighted by molar-refractivity contribution is 5.59. The van der Waals surface area contributed by atoms with Gasteiger partial charge in [0.15, 0.2) is 5.67 Å². The molecular weight excluding hydrogens is 181 g/mol. The average Bonchev–Trinajstić information content (AvgIpc) is 2.53. The summed E-state index contributed by atoms with van der Waals surface area (Å²) in [6, 6.07) is 1.85. The van der Waals surface area contributed by atoms with Gasteiger partial charge in [-0.15, -0.1) is 0 Å². The summed E-state index contributed by atoms with van der Waals surface area (Å²) in [6.07, 6.45) is 7.65. The third-order valence-corrected chi connectivity index (χ3v) is 2.16. The molecule has 1 atom stereocenters. The van der Waals surface area contributed by atoms with Crippen molar-refractivity contribution in [2.24, 2.45) is 0 Å². The number of halogens is 1. The van der Waals surface area contributed by atoms with E-state index >= 15 is 0 Å². The predicted molar refractivity (Wildman–Crippen MR) is 50.7 cm³/mol. The van der Waals surface area contributed by atoms with Crippen LogP contribution in [0.4, 0.5) is 4.39 Å². The monoisotopic (exact) mass is 189 g/mol. The summed E-state index contributed by atoms with van der Waals surface area (Å²) in [5.74, 6) is 0.624. The molecule has 2 rings (SSSR count). The first kappa shape index (κ1) is 8.70. The molecule has 1 aliphatic heterocycles. The van der Waals surface area contributed by atoms with Crippen LogP contribution in [0.15, 0.2) is 24.0 Å². The van der Waals surface area contributed by atoms with Crippen LogP contribution in [-0.2, 0) is 0 Å². The second kappa shape index (κ2) is 2.81. The van der Waals surface area contributed by atoms with Gasteiger partial charge < -0.3 is 4.57 Å². The number of allylic oxidation sites excluding steroid dienone is 2. The lowest BCUT2D eigenvalue weighted by atomic mass is 10.00.